The van der Waals surface area contributed by atoms with Gasteiger partial charge in [0, 0.05) is 59.7 Å². The zero-order valence-corrected chi connectivity index (χ0v) is 21.5. The first kappa shape index (κ1) is 23.7. The normalized spacial score (nSPS) is 19.5. The molecule has 0 aliphatic carbocycles. The fourth-order valence-electron chi connectivity index (χ4n) is 6.23. The molecule has 2 aromatic heterocycles. The van der Waals surface area contributed by atoms with Crippen LogP contribution in [0.3, 0.4) is 0 Å². The second-order valence-corrected chi connectivity index (χ2v) is 10.4. The Balaban J connectivity index is 1.29. The molecule has 0 unspecified atom stereocenters. The molecule has 0 bridgehead atoms. The van der Waals surface area contributed by atoms with Gasteiger partial charge in [0.05, 0.1) is 11.1 Å². The van der Waals surface area contributed by atoms with Gasteiger partial charge >= 0.3 is 0 Å². The molecule has 1 aromatic carbocycles. The molecular formula is C30H33N5O2. The van der Waals surface area contributed by atoms with Crippen molar-refractivity contribution in [3.05, 3.63) is 70.8 Å². The third-order valence-electron chi connectivity index (χ3n) is 8.19. The number of pyridine rings is 1. The van der Waals surface area contributed by atoms with Crippen LogP contribution in [0, 0.1) is 13.8 Å². The predicted octanol–water partition coefficient (Wildman–Crippen LogP) is 4.89. The van der Waals surface area contributed by atoms with Crippen LogP contribution in [0.4, 0.5) is 5.69 Å². The number of aromatic amines is 1. The molecule has 6 rings (SSSR count). The SMILES string of the molecule is Cc1[nH]c(C=C2C(=O)Nc3cccc(-c4cccnc4)c32)c(C)c1C(=O)N1CCC(N2CCCC2)CC1. The number of H-pyrrole nitrogens is 1. The first-order valence-corrected chi connectivity index (χ1v) is 13.3. The number of carbonyl (C=O) groups is 2. The van der Waals surface area contributed by atoms with Crippen molar-refractivity contribution in [3.63, 3.8) is 0 Å². The number of nitrogens with zero attached hydrogens (tertiary/aromatic N) is 3. The maximum atomic E-state index is 13.6. The smallest absolute Gasteiger partial charge is 0.256 e. The summed E-state index contributed by atoms with van der Waals surface area (Å²) in [5, 5.41) is 3.00. The topological polar surface area (TPSA) is 81.3 Å². The summed E-state index contributed by atoms with van der Waals surface area (Å²) < 4.78 is 0. The molecule has 2 fully saturated rings. The first-order chi connectivity index (χ1) is 18.0. The van der Waals surface area contributed by atoms with Gasteiger partial charge in [0.2, 0.25) is 0 Å². The van der Waals surface area contributed by atoms with Crippen LogP contribution in [0.2, 0.25) is 0 Å². The van der Waals surface area contributed by atoms with Gasteiger partial charge in [-0.2, -0.15) is 0 Å². The maximum absolute atomic E-state index is 13.6. The highest BCUT2D eigenvalue weighted by Crippen LogP contribution is 2.40. The summed E-state index contributed by atoms with van der Waals surface area (Å²) in [5.74, 6) is -0.0575. The van der Waals surface area contributed by atoms with Gasteiger partial charge in [-0.15, -0.1) is 0 Å². The van der Waals surface area contributed by atoms with E-state index in [0.29, 0.717) is 11.6 Å². The van der Waals surface area contributed by atoms with Crippen molar-refractivity contribution in [2.45, 2.75) is 45.6 Å². The molecule has 3 aliphatic rings. The van der Waals surface area contributed by atoms with Crippen LogP contribution in [0.15, 0.2) is 42.7 Å². The molecule has 3 aliphatic heterocycles. The van der Waals surface area contributed by atoms with E-state index in [0.717, 1.165) is 70.8 Å². The van der Waals surface area contributed by atoms with Crippen LogP contribution in [-0.2, 0) is 4.79 Å². The number of amides is 2. The van der Waals surface area contributed by atoms with Crippen LogP contribution >= 0.6 is 0 Å². The summed E-state index contributed by atoms with van der Waals surface area (Å²) in [5.41, 5.74) is 7.40. The minimum absolute atomic E-state index is 0.0862. The van der Waals surface area contributed by atoms with Crippen LogP contribution in [0.1, 0.15) is 58.6 Å². The third kappa shape index (κ3) is 4.27. The molecule has 3 aromatic rings. The van der Waals surface area contributed by atoms with E-state index in [1.54, 1.807) is 6.20 Å². The van der Waals surface area contributed by atoms with E-state index >= 15 is 0 Å². The van der Waals surface area contributed by atoms with Gasteiger partial charge in [0.25, 0.3) is 11.8 Å². The quantitative estimate of drug-likeness (QED) is 0.505. The van der Waals surface area contributed by atoms with Crippen molar-refractivity contribution in [2.24, 2.45) is 0 Å². The Morgan fingerprint density at radius 2 is 1.84 bits per heavy atom. The molecule has 0 radical (unpaired) electrons. The monoisotopic (exact) mass is 495 g/mol. The Hall–Kier alpha value is -3.71. The lowest BCUT2D eigenvalue weighted by Crippen LogP contribution is -2.46. The number of hydrogen-bond acceptors (Lipinski definition) is 4. The molecule has 190 valence electrons. The van der Waals surface area contributed by atoms with Gasteiger partial charge in [0.15, 0.2) is 0 Å². The summed E-state index contributed by atoms with van der Waals surface area (Å²) in [6.45, 7) is 7.91. The number of likely N-dealkylation sites (tertiary alicyclic amines) is 2. The molecule has 2 N–H and O–H groups in total. The molecule has 0 atom stereocenters. The van der Waals surface area contributed by atoms with Gasteiger partial charge in [-0.1, -0.05) is 18.2 Å². The number of benzene rings is 1. The van der Waals surface area contributed by atoms with Crippen LogP contribution in [-0.4, -0.2) is 63.8 Å². The lowest BCUT2D eigenvalue weighted by molar-refractivity contribution is -0.110. The fourth-order valence-corrected chi connectivity index (χ4v) is 6.23. The van der Waals surface area contributed by atoms with Crippen molar-refractivity contribution < 1.29 is 9.59 Å². The highest BCUT2D eigenvalue weighted by atomic mass is 16.2. The Labute approximate surface area is 217 Å². The molecule has 7 nitrogen and oxygen atoms in total. The molecule has 0 spiro atoms. The van der Waals surface area contributed by atoms with Crippen LogP contribution < -0.4 is 5.32 Å². The zero-order valence-electron chi connectivity index (χ0n) is 21.5. The van der Waals surface area contributed by atoms with Crippen molar-refractivity contribution in [1.29, 1.82) is 0 Å². The minimum Gasteiger partial charge on any atom is -0.358 e. The summed E-state index contributed by atoms with van der Waals surface area (Å²) in [6, 6.07) is 10.4. The van der Waals surface area contributed by atoms with E-state index in [-0.39, 0.29) is 11.8 Å². The van der Waals surface area contributed by atoms with Gasteiger partial charge in [-0.05, 0) is 82.0 Å². The van der Waals surface area contributed by atoms with Crippen LogP contribution in [0.25, 0.3) is 22.8 Å². The van der Waals surface area contributed by atoms with E-state index in [2.05, 4.69) is 20.2 Å². The molecule has 7 heteroatoms. The number of fused-ring (bicyclic) bond motifs is 1. The molecule has 2 saturated heterocycles. The van der Waals surface area contributed by atoms with Crippen LogP contribution in [0.5, 0.6) is 0 Å². The zero-order chi connectivity index (χ0) is 25.5. The summed E-state index contributed by atoms with van der Waals surface area (Å²) in [4.78, 5) is 38.9. The largest absolute Gasteiger partial charge is 0.358 e. The highest BCUT2D eigenvalue weighted by Gasteiger charge is 2.32. The van der Waals surface area contributed by atoms with Crippen molar-refractivity contribution in [3.8, 4) is 11.1 Å². The Morgan fingerprint density at radius 3 is 2.57 bits per heavy atom. The Kier molecular flexibility index (Phi) is 6.16. The van der Waals surface area contributed by atoms with E-state index in [1.165, 1.54) is 25.9 Å². The van der Waals surface area contributed by atoms with Gasteiger partial charge < -0.3 is 20.1 Å². The molecule has 5 heterocycles. The molecule has 0 saturated carbocycles. The van der Waals surface area contributed by atoms with Gasteiger partial charge in [-0.3, -0.25) is 14.6 Å². The number of anilines is 1. The average molecular weight is 496 g/mol. The maximum Gasteiger partial charge on any atom is 0.256 e. The molecule has 37 heavy (non-hydrogen) atoms. The second kappa shape index (κ2) is 9.63. The van der Waals surface area contributed by atoms with E-state index < -0.39 is 0 Å². The van der Waals surface area contributed by atoms with E-state index in [1.807, 2.05) is 61.4 Å². The van der Waals surface area contributed by atoms with Crippen molar-refractivity contribution in [1.82, 2.24) is 19.8 Å². The Morgan fingerprint density at radius 1 is 1.05 bits per heavy atom. The lowest BCUT2D eigenvalue weighted by atomic mass is 9.95. The van der Waals surface area contributed by atoms with E-state index in [9.17, 15) is 9.59 Å². The summed E-state index contributed by atoms with van der Waals surface area (Å²) >= 11 is 0. The van der Waals surface area contributed by atoms with Gasteiger partial charge in [-0.25, -0.2) is 0 Å². The second-order valence-electron chi connectivity index (χ2n) is 10.4. The highest BCUT2D eigenvalue weighted by molar-refractivity contribution is 6.36. The first-order valence-electron chi connectivity index (χ1n) is 13.3. The predicted molar refractivity (Wildman–Crippen MR) is 146 cm³/mol. The number of nitrogens with one attached hydrogen (secondary N) is 2. The van der Waals surface area contributed by atoms with Gasteiger partial charge in [0.1, 0.15) is 0 Å². The number of rotatable bonds is 4. The number of hydrogen-bond donors (Lipinski definition) is 2. The number of aromatic nitrogens is 2. The number of carbonyl (C=O) groups excluding carboxylic acids is 2. The molecule has 2 amide bonds. The average Bonchev–Trinajstić information content (AvgIpc) is 3.63. The molecular weight excluding hydrogens is 462 g/mol. The Bertz CT molecular complexity index is 1380. The van der Waals surface area contributed by atoms with Crippen molar-refractivity contribution >= 4 is 29.2 Å². The lowest BCUT2D eigenvalue weighted by Gasteiger charge is -2.36. The number of piperidine rings is 1. The third-order valence-corrected chi connectivity index (χ3v) is 8.19. The van der Waals surface area contributed by atoms with Crippen molar-refractivity contribution in [2.75, 3.05) is 31.5 Å². The van der Waals surface area contributed by atoms with E-state index in [4.69, 9.17) is 0 Å². The standard InChI is InChI=1S/C30H33N5O2/c1-19-26(17-24-28-23(21-7-6-12-31-18-21)8-5-9-25(28)33-29(24)36)32-20(2)27(19)30(37)35-15-10-22(11-16-35)34-13-3-4-14-34/h5-9,12,17-18,22,32H,3-4,10-11,13-16H2,1-2H3,(H,33,36). The summed E-state index contributed by atoms with van der Waals surface area (Å²) in [7, 11) is 0. The minimum atomic E-state index is -0.144. The fraction of sp³-hybridized carbons (Fsp3) is 0.367. The summed E-state index contributed by atoms with van der Waals surface area (Å²) in [6.07, 6.45) is 10.1. The number of aryl methyl sites for hydroxylation is 1.